The molecular formula is C25H18N4O2. The van der Waals surface area contributed by atoms with Crippen molar-refractivity contribution in [2.75, 3.05) is 5.32 Å². The van der Waals surface area contributed by atoms with Crippen molar-refractivity contribution < 1.29 is 9.52 Å². The first kappa shape index (κ1) is 17.4. The van der Waals surface area contributed by atoms with Gasteiger partial charge in [-0.3, -0.25) is 4.40 Å². The number of aromatic hydroxyl groups is 1. The predicted octanol–water partition coefficient (Wildman–Crippen LogP) is 6.19. The number of furan rings is 1. The van der Waals surface area contributed by atoms with E-state index in [0.29, 0.717) is 0 Å². The molecule has 0 bridgehead atoms. The summed E-state index contributed by atoms with van der Waals surface area (Å²) in [4.78, 5) is 7.42. The molecule has 6 heteroatoms. The molecule has 0 spiro atoms. The number of aromatic amines is 1. The molecule has 0 unspecified atom stereocenters. The molecule has 6 rings (SSSR count). The number of nitrogens with zero attached hydrogens (tertiary/aromatic N) is 2. The highest BCUT2D eigenvalue weighted by molar-refractivity contribution is 5.91. The van der Waals surface area contributed by atoms with Gasteiger partial charge in [0.15, 0.2) is 11.5 Å². The number of fused-ring (bicyclic) bond motifs is 2. The molecule has 0 aliphatic rings. The zero-order valence-electron chi connectivity index (χ0n) is 16.4. The number of nitrogens with one attached hydrogen (secondary N) is 2. The van der Waals surface area contributed by atoms with Gasteiger partial charge < -0.3 is 19.8 Å². The standard InChI is InChI=1S/C25H18N4O2/c30-25-20-8-5-17(14-18(20)15-27-25)22-10-9-21(24-26-11-12-29(22)24)28-19-6-3-16(4-7-19)23-2-1-13-31-23/h1-15,27-28,30H. The number of benzene rings is 2. The van der Waals surface area contributed by atoms with Crippen molar-refractivity contribution in [2.45, 2.75) is 0 Å². The molecule has 31 heavy (non-hydrogen) atoms. The first-order valence-electron chi connectivity index (χ1n) is 9.94. The van der Waals surface area contributed by atoms with E-state index in [4.69, 9.17) is 4.42 Å². The van der Waals surface area contributed by atoms with Gasteiger partial charge in [0, 0.05) is 40.6 Å². The lowest BCUT2D eigenvalue weighted by atomic mass is 10.1. The largest absolute Gasteiger partial charge is 0.494 e. The molecule has 6 nitrogen and oxygen atoms in total. The number of H-pyrrole nitrogens is 1. The first-order chi connectivity index (χ1) is 15.3. The quantitative estimate of drug-likeness (QED) is 0.326. The Kier molecular flexibility index (Phi) is 3.83. The molecule has 0 fully saturated rings. The maximum absolute atomic E-state index is 9.87. The second-order valence-corrected chi connectivity index (χ2v) is 7.37. The zero-order chi connectivity index (χ0) is 20.8. The molecule has 4 heterocycles. The zero-order valence-corrected chi connectivity index (χ0v) is 16.4. The molecule has 3 N–H and O–H groups in total. The van der Waals surface area contributed by atoms with E-state index >= 15 is 0 Å². The Morgan fingerprint density at radius 2 is 1.84 bits per heavy atom. The summed E-state index contributed by atoms with van der Waals surface area (Å²) in [6, 6.07) is 22.0. The lowest BCUT2D eigenvalue weighted by Gasteiger charge is -2.12. The van der Waals surface area contributed by atoms with Crippen LogP contribution in [0.1, 0.15) is 0 Å². The van der Waals surface area contributed by atoms with Crippen molar-refractivity contribution in [1.29, 1.82) is 0 Å². The van der Waals surface area contributed by atoms with Crippen molar-refractivity contribution in [2.24, 2.45) is 0 Å². The van der Waals surface area contributed by atoms with Crippen molar-refractivity contribution in [3.05, 3.63) is 91.6 Å². The van der Waals surface area contributed by atoms with E-state index in [9.17, 15) is 5.11 Å². The van der Waals surface area contributed by atoms with E-state index in [1.165, 1.54) is 0 Å². The lowest BCUT2D eigenvalue weighted by Crippen LogP contribution is -1.97. The number of hydrogen-bond acceptors (Lipinski definition) is 4. The van der Waals surface area contributed by atoms with Gasteiger partial charge in [0.25, 0.3) is 0 Å². The number of pyridine rings is 1. The number of rotatable bonds is 4. The lowest BCUT2D eigenvalue weighted by molar-refractivity contribution is 0.462. The van der Waals surface area contributed by atoms with E-state index in [0.717, 1.165) is 50.4 Å². The minimum atomic E-state index is 0.187. The fraction of sp³-hybridized carbons (Fsp3) is 0. The topological polar surface area (TPSA) is 78.5 Å². The van der Waals surface area contributed by atoms with E-state index in [1.54, 1.807) is 12.5 Å². The Balaban J connectivity index is 1.36. The second-order valence-electron chi connectivity index (χ2n) is 7.37. The minimum Gasteiger partial charge on any atom is -0.494 e. The van der Waals surface area contributed by atoms with Gasteiger partial charge in [-0.15, -0.1) is 0 Å². The van der Waals surface area contributed by atoms with Gasteiger partial charge in [-0.2, -0.15) is 0 Å². The van der Waals surface area contributed by atoms with Crippen LogP contribution in [-0.4, -0.2) is 19.5 Å². The third-order valence-corrected chi connectivity index (χ3v) is 5.49. The van der Waals surface area contributed by atoms with E-state index in [2.05, 4.69) is 31.8 Å². The highest BCUT2D eigenvalue weighted by Crippen LogP contribution is 2.32. The molecule has 0 radical (unpaired) electrons. The van der Waals surface area contributed by atoms with Gasteiger partial charge in [-0.05, 0) is 66.2 Å². The second kappa shape index (κ2) is 6.81. The van der Waals surface area contributed by atoms with Crippen LogP contribution < -0.4 is 5.32 Å². The van der Waals surface area contributed by atoms with E-state index in [1.807, 2.05) is 67.0 Å². The SMILES string of the molecule is Oc1[nH]cc2cc(-c3ccc(Nc4ccc(-c5ccco5)cc4)c4nccn34)ccc12. The van der Waals surface area contributed by atoms with Crippen molar-refractivity contribution >= 4 is 27.8 Å². The molecule has 0 aliphatic carbocycles. The maximum atomic E-state index is 9.87. The number of aromatic nitrogens is 3. The molecule has 2 aromatic carbocycles. The molecule has 0 saturated heterocycles. The third kappa shape index (κ3) is 2.93. The average molecular weight is 406 g/mol. The summed E-state index contributed by atoms with van der Waals surface area (Å²) < 4.78 is 7.52. The summed E-state index contributed by atoms with van der Waals surface area (Å²) in [6.07, 6.45) is 7.23. The van der Waals surface area contributed by atoms with Crippen molar-refractivity contribution in [3.63, 3.8) is 0 Å². The van der Waals surface area contributed by atoms with Crippen LogP contribution in [0.2, 0.25) is 0 Å². The normalized spacial score (nSPS) is 11.4. The number of imidazole rings is 1. The Labute approximate surface area is 177 Å². The predicted molar refractivity (Wildman–Crippen MR) is 122 cm³/mol. The van der Waals surface area contributed by atoms with Crippen LogP contribution in [-0.2, 0) is 0 Å². The third-order valence-electron chi connectivity index (χ3n) is 5.49. The summed E-state index contributed by atoms with van der Waals surface area (Å²) in [7, 11) is 0. The monoisotopic (exact) mass is 406 g/mol. The summed E-state index contributed by atoms with van der Waals surface area (Å²) in [6.45, 7) is 0. The average Bonchev–Trinajstić information content (AvgIpc) is 3.56. The highest BCUT2D eigenvalue weighted by atomic mass is 16.3. The van der Waals surface area contributed by atoms with Crippen LogP contribution in [0.25, 0.3) is 39.0 Å². The number of anilines is 2. The van der Waals surface area contributed by atoms with Gasteiger partial charge >= 0.3 is 0 Å². The highest BCUT2D eigenvalue weighted by Gasteiger charge is 2.11. The molecular weight excluding hydrogens is 388 g/mol. The van der Waals surface area contributed by atoms with Crippen LogP contribution in [0, 0.1) is 0 Å². The molecule has 150 valence electrons. The Morgan fingerprint density at radius 1 is 0.968 bits per heavy atom. The van der Waals surface area contributed by atoms with Crippen molar-refractivity contribution in [1.82, 2.24) is 14.4 Å². The molecule has 0 atom stereocenters. The fourth-order valence-electron chi connectivity index (χ4n) is 3.94. The van der Waals surface area contributed by atoms with Gasteiger partial charge in [0.2, 0.25) is 0 Å². The van der Waals surface area contributed by atoms with Crippen LogP contribution >= 0.6 is 0 Å². The minimum absolute atomic E-state index is 0.187. The molecule has 6 aromatic rings. The van der Waals surface area contributed by atoms with Gasteiger partial charge in [0.1, 0.15) is 5.76 Å². The maximum Gasteiger partial charge on any atom is 0.196 e. The van der Waals surface area contributed by atoms with E-state index < -0.39 is 0 Å². The molecule has 0 amide bonds. The smallest absolute Gasteiger partial charge is 0.196 e. The number of hydrogen-bond donors (Lipinski definition) is 3. The van der Waals surface area contributed by atoms with Gasteiger partial charge in [-0.1, -0.05) is 6.07 Å². The Hall–Kier alpha value is -4.45. The van der Waals surface area contributed by atoms with Crippen LogP contribution in [0.4, 0.5) is 11.4 Å². The van der Waals surface area contributed by atoms with Crippen LogP contribution in [0.5, 0.6) is 5.88 Å². The summed E-state index contributed by atoms with van der Waals surface area (Å²) in [5.41, 5.74) is 5.82. The van der Waals surface area contributed by atoms with Crippen molar-refractivity contribution in [3.8, 4) is 28.5 Å². The van der Waals surface area contributed by atoms with Gasteiger partial charge in [-0.25, -0.2) is 4.98 Å². The van der Waals surface area contributed by atoms with Crippen LogP contribution in [0.3, 0.4) is 0 Å². The summed E-state index contributed by atoms with van der Waals surface area (Å²) in [5.74, 6) is 1.03. The summed E-state index contributed by atoms with van der Waals surface area (Å²) in [5, 5.41) is 15.1. The Bertz CT molecular complexity index is 1510. The fourth-order valence-corrected chi connectivity index (χ4v) is 3.94. The summed E-state index contributed by atoms with van der Waals surface area (Å²) >= 11 is 0. The molecule has 0 aliphatic heterocycles. The Morgan fingerprint density at radius 3 is 2.68 bits per heavy atom. The molecule has 4 aromatic heterocycles. The van der Waals surface area contributed by atoms with E-state index in [-0.39, 0.29) is 5.88 Å². The molecule has 0 saturated carbocycles. The van der Waals surface area contributed by atoms with Crippen LogP contribution in [0.15, 0.2) is 96.0 Å². The van der Waals surface area contributed by atoms with Gasteiger partial charge in [0.05, 0.1) is 17.6 Å². The first-order valence-corrected chi connectivity index (χ1v) is 9.94.